The van der Waals surface area contributed by atoms with Crippen LogP contribution < -0.4 is 5.56 Å². The van der Waals surface area contributed by atoms with E-state index in [1.807, 2.05) is 13.2 Å². The summed E-state index contributed by atoms with van der Waals surface area (Å²) in [6.45, 7) is 1.80. The topological polar surface area (TPSA) is 74.3 Å². The summed E-state index contributed by atoms with van der Waals surface area (Å²) in [6, 6.07) is 3.08. The van der Waals surface area contributed by atoms with Gasteiger partial charge in [0.15, 0.2) is 5.65 Å². The predicted molar refractivity (Wildman–Crippen MR) is 113 cm³/mol. The Balaban J connectivity index is 1.67. The summed E-state index contributed by atoms with van der Waals surface area (Å²) < 4.78 is 51.3. The van der Waals surface area contributed by atoms with Gasteiger partial charge < -0.3 is 4.74 Å². The lowest BCUT2D eigenvalue weighted by molar-refractivity contribution is 0.00455. The van der Waals surface area contributed by atoms with Gasteiger partial charge >= 0.3 is 0 Å². The molecule has 0 radical (unpaired) electrons. The molecule has 2 atom stereocenters. The molecule has 7 nitrogen and oxygen atoms in total. The number of aromatic nitrogens is 5. The van der Waals surface area contributed by atoms with Crippen LogP contribution in [-0.2, 0) is 11.8 Å². The second kappa shape index (κ2) is 8.11. The zero-order valence-corrected chi connectivity index (χ0v) is 17.9. The second-order valence-electron chi connectivity index (χ2n) is 8.18. The Morgan fingerprint density at radius 2 is 1.97 bits per heavy atom. The molecular weight excluding hydrogens is 435 g/mol. The molecule has 33 heavy (non-hydrogen) atoms. The number of rotatable bonds is 3. The van der Waals surface area contributed by atoms with Gasteiger partial charge in [0.05, 0.1) is 23.7 Å². The van der Waals surface area contributed by atoms with Crippen LogP contribution >= 0.6 is 0 Å². The van der Waals surface area contributed by atoms with Crippen LogP contribution in [0.5, 0.6) is 0 Å². The molecule has 4 heterocycles. The van der Waals surface area contributed by atoms with E-state index in [1.165, 1.54) is 19.2 Å². The lowest BCUT2D eigenvalue weighted by Gasteiger charge is -2.29. The molecule has 0 aliphatic carbocycles. The highest BCUT2D eigenvalue weighted by Gasteiger charge is 2.29. The van der Waals surface area contributed by atoms with Crippen molar-refractivity contribution in [1.29, 1.82) is 0 Å². The molecule has 170 valence electrons. The number of halogens is 3. The van der Waals surface area contributed by atoms with Crippen molar-refractivity contribution in [3.63, 3.8) is 0 Å². The van der Waals surface area contributed by atoms with Gasteiger partial charge in [-0.3, -0.25) is 13.9 Å². The van der Waals surface area contributed by atoms with Gasteiger partial charge in [-0.25, -0.2) is 18.7 Å². The van der Waals surface area contributed by atoms with Crippen molar-refractivity contribution in [2.75, 3.05) is 6.61 Å². The van der Waals surface area contributed by atoms with Gasteiger partial charge in [-0.15, -0.1) is 0 Å². The van der Waals surface area contributed by atoms with E-state index in [2.05, 4.69) is 15.1 Å². The van der Waals surface area contributed by atoms with E-state index < -0.39 is 23.0 Å². The average molecular weight is 455 g/mol. The highest BCUT2D eigenvalue weighted by molar-refractivity contribution is 5.74. The first-order valence-electron chi connectivity index (χ1n) is 10.5. The quantitative estimate of drug-likeness (QED) is 0.469. The van der Waals surface area contributed by atoms with Gasteiger partial charge in [-0.05, 0) is 31.9 Å². The Bertz CT molecular complexity index is 1430. The normalized spacial score (nSPS) is 18.7. The molecule has 5 rings (SSSR count). The molecule has 0 amide bonds. The number of fused-ring (bicyclic) bond motifs is 1. The third kappa shape index (κ3) is 3.80. The Kier molecular flexibility index (Phi) is 5.24. The largest absolute Gasteiger partial charge is 0.373 e. The number of nitrogens with zero attached hydrogens (tertiary/aromatic N) is 5. The highest BCUT2D eigenvalue weighted by atomic mass is 19.1. The Hall–Kier alpha value is -3.53. The maximum Gasteiger partial charge on any atom is 0.294 e. The molecule has 3 aromatic heterocycles. The second-order valence-corrected chi connectivity index (χ2v) is 8.18. The SMILES string of the molecule is Cc1nc2c(-c3ccc(F)cc3F)nc([C@@H]3CCO[C@H](c4cnn(C)c4)C3)cn2c(=O)c1F. The van der Waals surface area contributed by atoms with Gasteiger partial charge in [0.1, 0.15) is 17.3 Å². The summed E-state index contributed by atoms with van der Waals surface area (Å²) in [5.41, 5.74) is 0.392. The molecule has 10 heteroatoms. The molecule has 0 bridgehead atoms. The Labute approximate surface area is 186 Å². The van der Waals surface area contributed by atoms with Crippen LogP contribution in [0, 0.1) is 24.4 Å². The first-order chi connectivity index (χ1) is 15.8. The van der Waals surface area contributed by atoms with Gasteiger partial charge in [-0.2, -0.15) is 9.49 Å². The van der Waals surface area contributed by atoms with Gasteiger partial charge in [0, 0.05) is 49.2 Å². The third-order valence-electron chi connectivity index (χ3n) is 5.93. The average Bonchev–Trinajstić information content (AvgIpc) is 3.24. The van der Waals surface area contributed by atoms with E-state index in [0.29, 0.717) is 25.1 Å². The van der Waals surface area contributed by atoms with Crippen molar-refractivity contribution in [3.8, 4) is 11.3 Å². The van der Waals surface area contributed by atoms with Gasteiger partial charge in [-0.1, -0.05) is 0 Å². The zero-order chi connectivity index (χ0) is 23.3. The van der Waals surface area contributed by atoms with E-state index >= 15 is 0 Å². The smallest absolute Gasteiger partial charge is 0.294 e. The first kappa shape index (κ1) is 21.3. The van der Waals surface area contributed by atoms with Gasteiger partial charge in [0.25, 0.3) is 5.56 Å². The highest BCUT2D eigenvalue weighted by Crippen LogP contribution is 2.37. The van der Waals surface area contributed by atoms with Crippen LogP contribution in [-0.4, -0.2) is 30.8 Å². The standard InChI is InChI=1S/C23H20F3N5O2/c1-12-20(26)23(32)31-11-18(13-5-6-33-19(7-13)14-9-27-30(2)10-14)29-21(22(31)28-12)16-4-3-15(24)8-17(16)25/h3-4,8-11,13,19H,5-7H2,1-2H3/t13-,19+/m1/s1. The Morgan fingerprint density at radius 1 is 1.15 bits per heavy atom. The fraction of sp³-hybridized carbons (Fsp3) is 0.304. The maximum atomic E-state index is 14.7. The van der Waals surface area contributed by atoms with Crippen LogP contribution in [0.4, 0.5) is 13.2 Å². The molecule has 0 saturated carbocycles. The molecule has 4 aromatic rings. The Morgan fingerprint density at radius 3 is 2.70 bits per heavy atom. The van der Waals surface area contributed by atoms with E-state index in [4.69, 9.17) is 4.74 Å². The monoisotopic (exact) mass is 455 g/mol. The lowest BCUT2D eigenvalue weighted by Crippen LogP contribution is -2.24. The summed E-state index contributed by atoms with van der Waals surface area (Å²) >= 11 is 0. The molecule has 0 unspecified atom stereocenters. The number of ether oxygens (including phenoxy) is 1. The summed E-state index contributed by atoms with van der Waals surface area (Å²) in [5.74, 6) is -2.73. The molecule has 0 spiro atoms. The van der Waals surface area contributed by atoms with E-state index in [1.54, 1.807) is 10.9 Å². The van der Waals surface area contributed by atoms with Crippen LogP contribution in [0.25, 0.3) is 16.9 Å². The first-order valence-corrected chi connectivity index (χ1v) is 10.5. The lowest BCUT2D eigenvalue weighted by atomic mass is 9.90. The van der Waals surface area contributed by atoms with Gasteiger partial charge in [0.2, 0.25) is 5.82 Å². The van der Waals surface area contributed by atoms with Crippen LogP contribution in [0.15, 0.2) is 41.6 Å². The van der Waals surface area contributed by atoms with Crippen molar-refractivity contribution in [1.82, 2.24) is 24.1 Å². The molecule has 0 N–H and O–H groups in total. The third-order valence-corrected chi connectivity index (χ3v) is 5.93. The van der Waals surface area contributed by atoms with E-state index in [9.17, 15) is 18.0 Å². The van der Waals surface area contributed by atoms with E-state index in [0.717, 1.165) is 22.1 Å². The van der Waals surface area contributed by atoms with Crippen molar-refractivity contribution < 1.29 is 17.9 Å². The van der Waals surface area contributed by atoms with Crippen LogP contribution in [0.2, 0.25) is 0 Å². The predicted octanol–water partition coefficient (Wildman–Crippen LogP) is 3.85. The number of benzene rings is 1. The van der Waals surface area contributed by atoms with E-state index in [-0.39, 0.29) is 34.6 Å². The van der Waals surface area contributed by atoms with Crippen molar-refractivity contribution in [3.05, 3.63) is 81.5 Å². The van der Waals surface area contributed by atoms with Crippen LogP contribution in [0.3, 0.4) is 0 Å². The summed E-state index contributed by atoms with van der Waals surface area (Å²) in [5, 5.41) is 4.18. The summed E-state index contributed by atoms with van der Waals surface area (Å²) in [4.78, 5) is 21.5. The molecule has 1 aliphatic heterocycles. The molecule has 1 fully saturated rings. The van der Waals surface area contributed by atoms with Crippen molar-refractivity contribution in [2.24, 2.45) is 7.05 Å². The minimum atomic E-state index is -0.990. The molecule has 1 aromatic carbocycles. The maximum absolute atomic E-state index is 14.7. The molecular formula is C23H20F3N5O2. The zero-order valence-electron chi connectivity index (χ0n) is 17.9. The summed E-state index contributed by atoms with van der Waals surface area (Å²) in [7, 11) is 1.81. The fourth-order valence-electron chi connectivity index (χ4n) is 4.21. The van der Waals surface area contributed by atoms with Crippen molar-refractivity contribution in [2.45, 2.75) is 31.8 Å². The van der Waals surface area contributed by atoms with Crippen LogP contribution in [0.1, 0.15) is 41.8 Å². The minimum absolute atomic E-state index is 0.00373. The number of aryl methyl sites for hydroxylation is 2. The summed E-state index contributed by atoms with van der Waals surface area (Å²) in [6.07, 6.45) is 5.97. The molecule has 1 aliphatic rings. The fourth-order valence-corrected chi connectivity index (χ4v) is 4.21. The van der Waals surface area contributed by atoms with Crippen molar-refractivity contribution >= 4 is 5.65 Å². The number of hydrogen-bond donors (Lipinski definition) is 0. The number of hydrogen-bond acceptors (Lipinski definition) is 5. The minimum Gasteiger partial charge on any atom is -0.373 e. The molecule has 1 saturated heterocycles.